The Morgan fingerprint density at radius 3 is 2.17 bits per heavy atom. The first-order valence-electron chi connectivity index (χ1n) is 9.56. The standard InChI is InChI=1S/C21H25N3O4S2/c1-17-3-5-18(6-4-17)24(15-21(26)23-13-11-22(16-25)12-14-23)30(27,28)20-9-7-19(29-2)8-10-20/h3-10,16H,11-15H2,1-2H3. The highest BCUT2D eigenvalue weighted by molar-refractivity contribution is 7.98. The molecule has 160 valence electrons. The van der Waals surface area contributed by atoms with Crippen molar-refractivity contribution in [3.8, 4) is 0 Å². The average Bonchev–Trinajstić information content (AvgIpc) is 2.78. The van der Waals surface area contributed by atoms with Crippen LogP contribution in [0.15, 0.2) is 58.3 Å². The number of amides is 2. The van der Waals surface area contributed by atoms with Gasteiger partial charge in [0.05, 0.1) is 10.6 Å². The van der Waals surface area contributed by atoms with Crippen LogP contribution in [0.2, 0.25) is 0 Å². The fraction of sp³-hybridized carbons (Fsp3) is 0.333. The number of piperazine rings is 1. The average molecular weight is 448 g/mol. The third-order valence-electron chi connectivity index (χ3n) is 5.06. The molecule has 2 aromatic rings. The second-order valence-electron chi connectivity index (χ2n) is 7.04. The van der Waals surface area contributed by atoms with Crippen molar-refractivity contribution in [2.45, 2.75) is 16.7 Å². The number of nitrogens with zero attached hydrogens (tertiary/aromatic N) is 3. The van der Waals surface area contributed by atoms with Crippen LogP contribution in [0.4, 0.5) is 5.69 Å². The molecule has 30 heavy (non-hydrogen) atoms. The molecule has 0 spiro atoms. The maximum atomic E-state index is 13.4. The summed E-state index contributed by atoms with van der Waals surface area (Å²) in [5.41, 5.74) is 1.44. The van der Waals surface area contributed by atoms with Gasteiger partial charge in [-0.25, -0.2) is 8.42 Å². The quantitative estimate of drug-likeness (QED) is 0.480. The van der Waals surface area contributed by atoms with E-state index in [1.807, 2.05) is 25.3 Å². The SMILES string of the molecule is CSc1ccc(S(=O)(=O)N(CC(=O)N2CCN(C=O)CC2)c2ccc(C)cc2)cc1. The van der Waals surface area contributed by atoms with Gasteiger partial charge in [-0.05, 0) is 49.6 Å². The normalized spacial score (nSPS) is 14.5. The summed E-state index contributed by atoms with van der Waals surface area (Å²) in [6.07, 6.45) is 2.69. The van der Waals surface area contributed by atoms with Gasteiger partial charge >= 0.3 is 0 Å². The molecule has 0 unspecified atom stereocenters. The zero-order valence-corrected chi connectivity index (χ0v) is 18.7. The molecule has 0 aromatic heterocycles. The number of hydrogen-bond acceptors (Lipinski definition) is 5. The highest BCUT2D eigenvalue weighted by Crippen LogP contribution is 2.26. The summed E-state index contributed by atoms with van der Waals surface area (Å²) < 4.78 is 28.0. The van der Waals surface area contributed by atoms with E-state index in [9.17, 15) is 18.0 Å². The van der Waals surface area contributed by atoms with Crippen LogP contribution in [0.3, 0.4) is 0 Å². The Morgan fingerprint density at radius 2 is 1.63 bits per heavy atom. The van der Waals surface area contributed by atoms with Gasteiger partial charge in [-0.2, -0.15) is 0 Å². The third kappa shape index (κ3) is 4.96. The topological polar surface area (TPSA) is 78.0 Å². The van der Waals surface area contributed by atoms with Crippen LogP contribution in [0.1, 0.15) is 5.56 Å². The molecule has 7 nitrogen and oxygen atoms in total. The van der Waals surface area contributed by atoms with Crippen molar-refractivity contribution < 1.29 is 18.0 Å². The summed E-state index contributed by atoms with van der Waals surface area (Å²) >= 11 is 1.53. The number of thioether (sulfide) groups is 1. The van der Waals surface area contributed by atoms with Crippen LogP contribution in [0, 0.1) is 6.92 Å². The summed E-state index contributed by atoms with van der Waals surface area (Å²) in [6.45, 7) is 3.30. The van der Waals surface area contributed by atoms with Crippen molar-refractivity contribution in [1.82, 2.24) is 9.80 Å². The molecule has 0 bridgehead atoms. The molecule has 0 radical (unpaired) electrons. The van der Waals surface area contributed by atoms with E-state index in [1.54, 1.807) is 46.2 Å². The molecule has 0 N–H and O–H groups in total. The largest absolute Gasteiger partial charge is 0.342 e. The zero-order chi connectivity index (χ0) is 21.7. The van der Waals surface area contributed by atoms with Gasteiger partial charge in [0.25, 0.3) is 10.0 Å². The van der Waals surface area contributed by atoms with Crippen LogP contribution in [0.5, 0.6) is 0 Å². The van der Waals surface area contributed by atoms with Gasteiger partial charge < -0.3 is 9.80 Å². The summed E-state index contributed by atoms with van der Waals surface area (Å²) in [5.74, 6) is -0.287. The van der Waals surface area contributed by atoms with Crippen molar-refractivity contribution in [3.05, 3.63) is 54.1 Å². The van der Waals surface area contributed by atoms with Gasteiger partial charge in [0.2, 0.25) is 12.3 Å². The molecule has 0 aliphatic carbocycles. The Bertz CT molecular complexity index is 984. The minimum absolute atomic E-state index is 0.138. The summed E-state index contributed by atoms with van der Waals surface area (Å²) in [4.78, 5) is 28.1. The van der Waals surface area contributed by atoms with E-state index in [-0.39, 0.29) is 17.3 Å². The Morgan fingerprint density at radius 1 is 1.03 bits per heavy atom. The highest BCUT2D eigenvalue weighted by atomic mass is 32.2. The minimum Gasteiger partial charge on any atom is -0.342 e. The first-order valence-corrected chi connectivity index (χ1v) is 12.2. The predicted molar refractivity (Wildman–Crippen MR) is 118 cm³/mol. The first-order chi connectivity index (χ1) is 14.3. The Kier molecular flexibility index (Phi) is 7.04. The molecule has 3 rings (SSSR count). The maximum Gasteiger partial charge on any atom is 0.264 e. The Hall–Kier alpha value is -2.52. The maximum absolute atomic E-state index is 13.4. The Balaban J connectivity index is 1.89. The number of hydrogen-bond donors (Lipinski definition) is 0. The van der Waals surface area contributed by atoms with Crippen LogP contribution in [-0.2, 0) is 19.6 Å². The molecule has 1 aliphatic heterocycles. The van der Waals surface area contributed by atoms with Gasteiger partial charge in [-0.3, -0.25) is 13.9 Å². The second kappa shape index (κ2) is 9.53. The van der Waals surface area contributed by atoms with Crippen molar-refractivity contribution in [3.63, 3.8) is 0 Å². The molecule has 2 amide bonds. The van der Waals surface area contributed by atoms with E-state index in [4.69, 9.17) is 0 Å². The second-order valence-corrected chi connectivity index (χ2v) is 9.79. The van der Waals surface area contributed by atoms with Gasteiger partial charge in [0.15, 0.2) is 0 Å². The van der Waals surface area contributed by atoms with E-state index in [0.29, 0.717) is 31.9 Å². The lowest BCUT2D eigenvalue weighted by Gasteiger charge is -2.34. The smallest absolute Gasteiger partial charge is 0.264 e. The molecule has 1 aliphatic rings. The van der Waals surface area contributed by atoms with Gasteiger partial charge in [-0.15, -0.1) is 11.8 Å². The number of aryl methyl sites for hydroxylation is 1. The summed E-state index contributed by atoms with van der Waals surface area (Å²) in [6, 6.07) is 13.7. The van der Waals surface area contributed by atoms with Crippen LogP contribution < -0.4 is 4.31 Å². The van der Waals surface area contributed by atoms with E-state index < -0.39 is 10.0 Å². The van der Waals surface area contributed by atoms with Crippen molar-refractivity contribution in [1.29, 1.82) is 0 Å². The molecule has 1 fully saturated rings. The fourth-order valence-electron chi connectivity index (χ4n) is 3.20. The lowest BCUT2D eigenvalue weighted by molar-refractivity contribution is -0.133. The Labute approximate surface area is 181 Å². The zero-order valence-electron chi connectivity index (χ0n) is 17.0. The van der Waals surface area contributed by atoms with Crippen LogP contribution in [0.25, 0.3) is 0 Å². The molecule has 1 saturated heterocycles. The van der Waals surface area contributed by atoms with E-state index in [2.05, 4.69) is 0 Å². The van der Waals surface area contributed by atoms with Crippen molar-refractivity contribution in [2.75, 3.05) is 43.3 Å². The molecule has 0 atom stereocenters. The van der Waals surface area contributed by atoms with Crippen LogP contribution in [-0.4, -0.2) is 69.5 Å². The number of carbonyl (C=O) groups excluding carboxylic acids is 2. The molecule has 2 aromatic carbocycles. The van der Waals surface area contributed by atoms with E-state index in [1.165, 1.54) is 11.8 Å². The molecule has 0 saturated carbocycles. The third-order valence-corrected chi connectivity index (χ3v) is 7.60. The van der Waals surface area contributed by atoms with E-state index >= 15 is 0 Å². The fourth-order valence-corrected chi connectivity index (χ4v) is 5.02. The number of carbonyl (C=O) groups is 2. The number of benzene rings is 2. The summed E-state index contributed by atoms with van der Waals surface area (Å²) in [7, 11) is -3.93. The number of sulfonamides is 1. The first kappa shape index (κ1) is 22.2. The lowest BCUT2D eigenvalue weighted by Crippen LogP contribution is -2.51. The highest BCUT2D eigenvalue weighted by Gasteiger charge is 2.30. The van der Waals surface area contributed by atoms with E-state index in [0.717, 1.165) is 21.2 Å². The van der Waals surface area contributed by atoms with Crippen molar-refractivity contribution in [2.24, 2.45) is 0 Å². The number of anilines is 1. The van der Waals surface area contributed by atoms with Gasteiger partial charge in [0.1, 0.15) is 6.54 Å². The molecular weight excluding hydrogens is 422 g/mol. The minimum atomic E-state index is -3.93. The molecule has 1 heterocycles. The van der Waals surface area contributed by atoms with Gasteiger partial charge in [0, 0.05) is 31.1 Å². The van der Waals surface area contributed by atoms with Crippen molar-refractivity contribution >= 4 is 39.8 Å². The lowest BCUT2D eigenvalue weighted by atomic mass is 10.2. The number of rotatable bonds is 7. The monoisotopic (exact) mass is 447 g/mol. The predicted octanol–water partition coefficient (Wildman–Crippen LogP) is 2.21. The molecular formula is C21H25N3O4S2. The van der Waals surface area contributed by atoms with Crippen LogP contribution >= 0.6 is 11.8 Å². The van der Waals surface area contributed by atoms with Gasteiger partial charge in [-0.1, -0.05) is 17.7 Å². The summed E-state index contributed by atoms with van der Waals surface area (Å²) in [5, 5.41) is 0. The molecule has 9 heteroatoms.